The first kappa shape index (κ1) is 32.0. The van der Waals surface area contributed by atoms with Crippen molar-refractivity contribution in [1.82, 2.24) is 0 Å². The Kier molecular flexibility index (Phi) is 16.3. The summed E-state index contributed by atoms with van der Waals surface area (Å²) in [5.74, 6) is 0. The van der Waals surface area contributed by atoms with E-state index in [1.807, 2.05) is 42.5 Å². The Bertz CT molecular complexity index is 983. The summed E-state index contributed by atoms with van der Waals surface area (Å²) in [6, 6.07) is 30.6. The maximum Gasteiger partial charge on any atom is 0.101 e. The van der Waals surface area contributed by atoms with Crippen molar-refractivity contribution in [2.75, 3.05) is 6.61 Å². The maximum absolute atomic E-state index is 6.80. The van der Waals surface area contributed by atoms with Crippen molar-refractivity contribution in [3.8, 4) is 0 Å². The second kappa shape index (κ2) is 20.4. The lowest BCUT2D eigenvalue weighted by Crippen LogP contribution is -2.48. The predicted molar refractivity (Wildman–Crippen MR) is 166 cm³/mol. The molecular formula is C36H51NO3. The zero-order valence-corrected chi connectivity index (χ0v) is 24.6. The SMILES string of the molecule is CCCCCCCCCCC[C@@H](OCc1ccccc1)[C@@H](OCc1ccccc1)[C@@H](N)COCc1ccccc1. The van der Waals surface area contributed by atoms with E-state index in [9.17, 15) is 0 Å². The van der Waals surface area contributed by atoms with Crippen LogP contribution in [0.15, 0.2) is 91.0 Å². The Labute approximate surface area is 243 Å². The highest BCUT2D eigenvalue weighted by Gasteiger charge is 2.29. The third-order valence-electron chi connectivity index (χ3n) is 7.39. The molecule has 0 aliphatic heterocycles. The maximum atomic E-state index is 6.80. The monoisotopic (exact) mass is 545 g/mol. The molecule has 3 aromatic rings. The average molecular weight is 546 g/mol. The molecule has 0 spiro atoms. The summed E-state index contributed by atoms with van der Waals surface area (Å²) in [5, 5.41) is 0. The Balaban J connectivity index is 1.60. The molecule has 40 heavy (non-hydrogen) atoms. The lowest BCUT2D eigenvalue weighted by molar-refractivity contribution is -0.108. The van der Waals surface area contributed by atoms with E-state index in [0.717, 1.165) is 29.5 Å². The lowest BCUT2D eigenvalue weighted by Gasteiger charge is -2.32. The molecular weight excluding hydrogens is 494 g/mol. The zero-order valence-electron chi connectivity index (χ0n) is 24.6. The molecule has 0 heterocycles. The molecule has 0 unspecified atom stereocenters. The first-order chi connectivity index (χ1) is 19.8. The highest BCUT2D eigenvalue weighted by Crippen LogP contribution is 2.21. The topological polar surface area (TPSA) is 53.7 Å². The second-order valence-corrected chi connectivity index (χ2v) is 10.9. The molecule has 0 fully saturated rings. The number of hydrogen-bond donors (Lipinski definition) is 1. The summed E-state index contributed by atoms with van der Waals surface area (Å²) in [6.07, 6.45) is 12.2. The van der Waals surface area contributed by atoms with Crippen LogP contribution in [-0.2, 0) is 34.0 Å². The fourth-order valence-electron chi connectivity index (χ4n) is 5.03. The van der Waals surface area contributed by atoms with Crippen LogP contribution in [0.4, 0.5) is 0 Å². The van der Waals surface area contributed by atoms with Gasteiger partial charge >= 0.3 is 0 Å². The second-order valence-electron chi connectivity index (χ2n) is 10.9. The van der Waals surface area contributed by atoms with Crippen LogP contribution in [0.3, 0.4) is 0 Å². The molecule has 4 heteroatoms. The van der Waals surface area contributed by atoms with E-state index in [1.54, 1.807) is 0 Å². The minimum Gasteiger partial charge on any atom is -0.375 e. The van der Waals surface area contributed by atoms with Crippen molar-refractivity contribution in [2.24, 2.45) is 5.73 Å². The van der Waals surface area contributed by atoms with Gasteiger partial charge in [-0.25, -0.2) is 0 Å². The van der Waals surface area contributed by atoms with Crippen LogP contribution in [-0.4, -0.2) is 24.9 Å². The van der Waals surface area contributed by atoms with Gasteiger partial charge in [0, 0.05) is 0 Å². The van der Waals surface area contributed by atoms with E-state index < -0.39 is 0 Å². The van der Waals surface area contributed by atoms with Crippen LogP contribution < -0.4 is 5.73 Å². The normalized spacial score (nSPS) is 13.7. The smallest absolute Gasteiger partial charge is 0.101 e. The number of hydrogen-bond acceptors (Lipinski definition) is 4. The van der Waals surface area contributed by atoms with Crippen molar-refractivity contribution >= 4 is 0 Å². The third-order valence-corrected chi connectivity index (χ3v) is 7.39. The Morgan fingerprint density at radius 2 is 1.00 bits per heavy atom. The van der Waals surface area contributed by atoms with Crippen molar-refractivity contribution in [1.29, 1.82) is 0 Å². The summed E-state index contributed by atoms with van der Waals surface area (Å²) in [7, 11) is 0. The molecule has 0 aliphatic carbocycles. The van der Waals surface area contributed by atoms with Crippen molar-refractivity contribution in [3.63, 3.8) is 0 Å². The molecule has 3 rings (SSSR count). The largest absolute Gasteiger partial charge is 0.375 e. The Morgan fingerprint density at radius 1 is 0.550 bits per heavy atom. The molecule has 3 aromatic carbocycles. The first-order valence-electron chi connectivity index (χ1n) is 15.4. The van der Waals surface area contributed by atoms with Gasteiger partial charge in [0.2, 0.25) is 0 Å². The minimum atomic E-state index is -0.299. The molecule has 0 saturated carbocycles. The van der Waals surface area contributed by atoms with E-state index in [4.69, 9.17) is 19.9 Å². The predicted octanol–water partition coefficient (Wildman–Crippen LogP) is 8.62. The summed E-state index contributed by atoms with van der Waals surface area (Å²) in [6.45, 7) is 4.27. The van der Waals surface area contributed by atoms with Crippen LogP contribution in [0, 0.1) is 0 Å². The quantitative estimate of drug-likeness (QED) is 0.128. The van der Waals surface area contributed by atoms with E-state index >= 15 is 0 Å². The summed E-state index contributed by atoms with van der Waals surface area (Å²) in [5.41, 5.74) is 10.2. The molecule has 2 N–H and O–H groups in total. The van der Waals surface area contributed by atoms with Gasteiger partial charge in [-0.15, -0.1) is 0 Å². The minimum absolute atomic E-state index is 0.108. The van der Waals surface area contributed by atoms with Crippen LogP contribution >= 0.6 is 0 Å². The summed E-state index contributed by atoms with van der Waals surface area (Å²) >= 11 is 0. The molecule has 0 saturated heterocycles. The highest BCUT2D eigenvalue weighted by atomic mass is 16.5. The molecule has 0 aliphatic rings. The van der Waals surface area contributed by atoms with Crippen LogP contribution in [0.5, 0.6) is 0 Å². The first-order valence-corrected chi connectivity index (χ1v) is 15.4. The van der Waals surface area contributed by atoms with E-state index in [0.29, 0.717) is 26.4 Å². The van der Waals surface area contributed by atoms with E-state index in [1.165, 1.54) is 51.4 Å². The van der Waals surface area contributed by atoms with Gasteiger partial charge in [0.15, 0.2) is 0 Å². The number of nitrogens with two attached hydrogens (primary N) is 1. The molecule has 4 nitrogen and oxygen atoms in total. The van der Waals surface area contributed by atoms with Crippen LogP contribution in [0.2, 0.25) is 0 Å². The van der Waals surface area contributed by atoms with Gasteiger partial charge in [0.05, 0.1) is 38.6 Å². The molecule has 0 amide bonds. The van der Waals surface area contributed by atoms with E-state index in [-0.39, 0.29) is 18.2 Å². The Morgan fingerprint density at radius 3 is 1.52 bits per heavy atom. The van der Waals surface area contributed by atoms with Gasteiger partial charge in [-0.2, -0.15) is 0 Å². The third kappa shape index (κ3) is 13.2. The van der Waals surface area contributed by atoms with Crippen LogP contribution in [0.1, 0.15) is 87.8 Å². The number of unbranched alkanes of at least 4 members (excludes halogenated alkanes) is 8. The van der Waals surface area contributed by atoms with Gasteiger partial charge in [-0.3, -0.25) is 0 Å². The lowest BCUT2D eigenvalue weighted by atomic mass is 9.99. The fraction of sp³-hybridized carbons (Fsp3) is 0.500. The van der Waals surface area contributed by atoms with Gasteiger partial charge in [0.25, 0.3) is 0 Å². The fourth-order valence-corrected chi connectivity index (χ4v) is 5.03. The number of benzene rings is 3. The molecule has 0 aromatic heterocycles. The average Bonchev–Trinajstić information content (AvgIpc) is 3.00. The highest BCUT2D eigenvalue weighted by molar-refractivity contribution is 5.15. The van der Waals surface area contributed by atoms with Gasteiger partial charge in [-0.05, 0) is 23.1 Å². The number of ether oxygens (including phenoxy) is 3. The van der Waals surface area contributed by atoms with Gasteiger partial charge in [0.1, 0.15) is 6.10 Å². The van der Waals surface area contributed by atoms with E-state index in [2.05, 4.69) is 55.5 Å². The Hall–Kier alpha value is -2.50. The van der Waals surface area contributed by atoms with Crippen molar-refractivity contribution < 1.29 is 14.2 Å². The summed E-state index contributed by atoms with van der Waals surface area (Å²) < 4.78 is 19.2. The van der Waals surface area contributed by atoms with Crippen molar-refractivity contribution in [2.45, 2.75) is 109 Å². The van der Waals surface area contributed by atoms with Gasteiger partial charge in [-0.1, -0.05) is 156 Å². The van der Waals surface area contributed by atoms with Crippen molar-refractivity contribution in [3.05, 3.63) is 108 Å². The molecule has 218 valence electrons. The molecule has 0 bridgehead atoms. The zero-order chi connectivity index (χ0) is 28.1. The number of rotatable bonds is 22. The standard InChI is InChI=1S/C36H51NO3/c1-2-3-4-5-6-7-8-9-19-26-35(39-28-32-22-15-11-16-23-32)36(40-29-33-24-17-12-18-25-33)34(37)30-38-27-31-20-13-10-14-21-31/h10-18,20-25,34-36H,2-9,19,26-30,37H2,1H3/t34-,35+,36-/m0/s1. The van der Waals surface area contributed by atoms with Crippen LogP contribution in [0.25, 0.3) is 0 Å². The molecule has 3 atom stereocenters. The summed E-state index contributed by atoms with van der Waals surface area (Å²) in [4.78, 5) is 0. The van der Waals surface area contributed by atoms with Gasteiger partial charge < -0.3 is 19.9 Å². The molecule has 0 radical (unpaired) electrons.